The molecule has 1 saturated heterocycles. The zero-order valence-electron chi connectivity index (χ0n) is 14.1. The number of carbonyl (C=O) groups is 2. The molecule has 24 heavy (non-hydrogen) atoms. The summed E-state index contributed by atoms with van der Waals surface area (Å²) in [4.78, 5) is 25.8. The Kier molecular flexibility index (Phi) is 5.77. The van der Waals surface area contributed by atoms with Crippen molar-refractivity contribution in [1.82, 2.24) is 4.90 Å². The number of likely N-dealkylation sites (tertiary alicyclic amines) is 1. The molecular formula is C17H23FN2O4. The largest absolute Gasteiger partial charge is 0.449 e. The number of rotatable bonds is 4. The first-order valence-corrected chi connectivity index (χ1v) is 7.96. The second-order valence-corrected chi connectivity index (χ2v) is 6.48. The number of aliphatic hydroxyl groups excluding tert-OH is 1. The van der Waals surface area contributed by atoms with Gasteiger partial charge in [0, 0.05) is 12.1 Å². The lowest BCUT2D eigenvalue weighted by molar-refractivity contribution is -0.120. The van der Waals surface area contributed by atoms with Crippen molar-refractivity contribution in [3.63, 3.8) is 0 Å². The van der Waals surface area contributed by atoms with Crippen LogP contribution in [0.25, 0.3) is 0 Å². The molecule has 0 spiro atoms. The SMILES string of the molecule is Cc1ccc(F)cc1NC(=O)C1CC(O)CN1C(=O)OCC(C)C. The fourth-order valence-corrected chi connectivity index (χ4v) is 2.53. The zero-order chi connectivity index (χ0) is 17.9. The number of benzene rings is 1. The van der Waals surface area contributed by atoms with Crippen LogP contribution in [0.15, 0.2) is 18.2 Å². The standard InChI is InChI=1S/C17H23FN2O4/c1-10(2)9-24-17(23)20-8-13(21)7-15(20)16(22)19-14-6-12(18)5-4-11(14)3/h4-6,10,13,15,21H,7-9H2,1-3H3,(H,19,22). The molecule has 2 atom stereocenters. The van der Waals surface area contributed by atoms with Gasteiger partial charge in [0.2, 0.25) is 5.91 Å². The molecule has 1 heterocycles. The molecule has 0 aromatic heterocycles. The minimum atomic E-state index is -0.845. The summed E-state index contributed by atoms with van der Waals surface area (Å²) in [5.41, 5.74) is 1.05. The normalized spacial score (nSPS) is 20.3. The van der Waals surface area contributed by atoms with Gasteiger partial charge in [-0.2, -0.15) is 0 Å². The Labute approximate surface area is 140 Å². The van der Waals surface area contributed by atoms with Crippen molar-refractivity contribution in [2.24, 2.45) is 5.92 Å². The smallest absolute Gasteiger partial charge is 0.410 e. The molecule has 7 heteroatoms. The quantitative estimate of drug-likeness (QED) is 0.883. The molecule has 0 aliphatic carbocycles. The molecule has 2 N–H and O–H groups in total. The minimum Gasteiger partial charge on any atom is -0.449 e. The third-order valence-corrected chi connectivity index (χ3v) is 3.81. The number of nitrogens with one attached hydrogen (secondary N) is 1. The highest BCUT2D eigenvalue weighted by Crippen LogP contribution is 2.22. The number of amides is 2. The Hall–Kier alpha value is -2.15. The Morgan fingerprint density at radius 3 is 2.83 bits per heavy atom. The summed E-state index contributed by atoms with van der Waals surface area (Å²) in [7, 11) is 0. The number of nitrogens with zero attached hydrogens (tertiary/aromatic N) is 1. The summed E-state index contributed by atoms with van der Waals surface area (Å²) in [5.74, 6) is -0.763. The van der Waals surface area contributed by atoms with Crippen LogP contribution in [-0.4, -0.2) is 47.3 Å². The zero-order valence-corrected chi connectivity index (χ0v) is 14.1. The summed E-state index contributed by atoms with van der Waals surface area (Å²) in [6.45, 7) is 5.83. The highest BCUT2D eigenvalue weighted by molar-refractivity contribution is 5.97. The van der Waals surface area contributed by atoms with Gasteiger partial charge in [-0.3, -0.25) is 9.69 Å². The van der Waals surface area contributed by atoms with Crippen LogP contribution in [0.2, 0.25) is 0 Å². The number of aliphatic hydroxyl groups is 1. The van der Waals surface area contributed by atoms with Crippen LogP contribution < -0.4 is 5.32 Å². The van der Waals surface area contributed by atoms with Crippen LogP contribution in [0.4, 0.5) is 14.9 Å². The molecule has 1 aliphatic heterocycles. The monoisotopic (exact) mass is 338 g/mol. The maximum atomic E-state index is 13.3. The van der Waals surface area contributed by atoms with Crippen molar-refractivity contribution >= 4 is 17.7 Å². The van der Waals surface area contributed by atoms with Gasteiger partial charge in [-0.25, -0.2) is 9.18 Å². The van der Waals surface area contributed by atoms with Crippen molar-refractivity contribution in [2.75, 3.05) is 18.5 Å². The average Bonchev–Trinajstić information content (AvgIpc) is 2.90. The highest BCUT2D eigenvalue weighted by Gasteiger charge is 2.40. The molecule has 0 radical (unpaired) electrons. The molecule has 2 amide bonds. The lowest BCUT2D eigenvalue weighted by Gasteiger charge is -2.23. The summed E-state index contributed by atoms with van der Waals surface area (Å²) in [6, 6.07) is 3.24. The Morgan fingerprint density at radius 1 is 1.46 bits per heavy atom. The molecule has 2 unspecified atom stereocenters. The molecular weight excluding hydrogens is 315 g/mol. The van der Waals surface area contributed by atoms with E-state index in [-0.39, 0.29) is 25.5 Å². The van der Waals surface area contributed by atoms with Crippen molar-refractivity contribution in [2.45, 2.75) is 39.3 Å². The Bertz CT molecular complexity index is 621. The number of hydrogen-bond donors (Lipinski definition) is 2. The number of β-amino-alcohol motifs (C(OH)–C–C–N with tert-alkyl or cyclic N) is 1. The second-order valence-electron chi connectivity index (χ2n) is 6.48. The van der Waals surface area contributed by atoms with E-state index >= 15 is 0 Å². The van der Waals surface area contributed by atoms with Crippen LogP contribution in [-0.2, 0) is 9.53 Å². The molecule has 1 fully saturated rings. The van der Waals surface area contributed by atoms with Gasteiger partial charge in [0.1, 0.15) is 11.9 Å². The molecule has 2 rings (SSSR count). The van der Waals surface area contributed by atoms with Crippen molar-refractivity contribution < 1.29 is 23.8 Å². The number of halogens is 1. The topological polar surface area (TPSA) is 78.9 Å². The first-order chi connectivity index (χ1) is 11.3. The number of ether oxygens (including phenoxy) is 1. The van der Waals surface area contributed by atoms with Crippen molar-refractivity contribution in [3.05, 3.63) is 29.6 Å². The molecule has 1 aromatic carbocycles. The number of hydrogen-bond acceptors (Lipinski definition) is 4. The molecule has 132 valence electrons. The molecule has 6 nitrogen and oxygen atoms in total. The molecule has 1 aliphatic rings. The van der Waals surface area contributed by atoms with Crippen LogP contribution in [0.1, 0.15) is 25.8 Å². The van der Waals surface area contributed by atoms with Crippen LogP contribution >= 0.6 is 0 Å². The highest BCUT2D eigenvalue weighted by atomic mass is 19.1. The van der Waals surface area contributed by atoms with E-state index in [1.165, 1.54) is 17.0 Å². The fourth-order valence-electron chi connectivity index (χ4n) is 2.53. The second kappa shape index (κ2) is 7.61. The summed E-state index contributed by atoms with van der Waals surface area (Å²) in [6.07, 6.45) is -1.30. The summed E-state index contributed by atoms with van der Waals surface area (Å²) in [5, 5.41) is 12.4. The van der Waals surface area contributed by atoms with E-state index in [4.69, 9.17) is 4.74 Å². The van der Waals surface area contributed by atoms with E-state index in [0.717, 1.165) is 0 Å². The van der Waals surface area contributed by atoms with E-state index in [1.807, 2.05) is 13.8 Å². The van der Waals surface area contributed by atoms with Gasteiger partial charge in [0.05, 0.1) is 19.3 Å². The van der Waals surface area contributed by atoms with E-state index < -0.39 is 30.0 Å². The maximum Gasteiger partial charge on any atom is 0.410 e. The third-order valence-electron chi connectivity index (χ3n) is 3.81. The summed E-state index contributed by atoms with van der Waals surface area (Å²) >= 11 is 0. The van der Waals surface area contributed by atoms with Crippen molar-refractivity contribution in [3.8, 4) is 0 Å². The van der Waals surface area contributed by atoms with Gasteiger partial charge in [0.25, 0.3) is 0 Å². The number of anilines is 1. The van der Waals surface area contributed by atoms with Crippen LogP contribution in [0.5, 0.6) is 0 Å². The number of carbonyl (C=O) groups excluding carboxylic acids is 2. The van der Waals surface area contributed by atoms with Gasteiger partial charge in [-0.15, -0.1) is 0 Å². The number of aryl methyl sites for hydroxylation is 1. The molecule has 0 bridgehead atoms. The van der Waals surface area contributed by atoms with E-state index in [2.05, 4.69) is 5.32 Å². The van der Waals surface area contributed by atoms with Gasteiger partial charge in [-0.1, -0.05) is 19.9 Å². The van der Waals surface area contributed by atoms with E-state index in [0.29, 0.717) is 11.3 Å². The Morgan fingerprint density at radius 2 is 2.17 bits per heavy atom. The van der Waals surface area contributed by atoms with Gasteiger partial charge in [-0.05, 0) is 30.5 Å². The van der Waals surface area contributed by atoms with Crippen molar-refractivity contribution in [1.29, 1.82) is 0 Å². The minimum absolute atomic E-state index is 0.0388. The van der Waals surface area contributed by atoms with E-state index in [1.54, 1.807) is 13.0 Å². The lowest BCUT2D eigenvalue weighted by atomic mass is 10.1. The summed E-state index contributed by atoms with van der Waals surface area (Å²) < 4.78 is 18.5. The Balaban J connectivity index is 2.08. The van der Waals surface area contributed by atoms with Gasteiger partial charge < -0.3 is 15.2 Å². The third kappa shape index (κ3) is 4.44. The molecule has 1 aromatic rings. The average molecular weight is 338 g/mol. The predicted molar refractivity (Wildman–Crippen MR) is 87.1 cm³/mol. The fraction of sp³-hybridized carbons (Fsp3) is 0.529. The van der Waals surface area contributed by atoms with Crippen LogP contribution in [0.3, 0.4) is 0 Å². The molecule has 0 saturated carbocycles. The first-order valence-electron chi connectivity index (χ1n) is 7.96. The predicted octanol–water partition coefficient (Wildman–Crippen LogP) is 2.30. The van der Waals surface area contributed by atoms with E-state index in [9.17, 15) is 19.1 Å². The van der Waals surface area contributed by atoms with Crippen LogP contribution in [0, 0.1) is 18.7 Å². The maximum absolute atomic E-state index is 13.3. The van der Waals surface area contributed by atoms with Gasteiger partial charge >= 0.3 is 6.09 Å². The lowest BCUT2D eigenvalue weighted by Crippen LogP contribution is -2.43. The van der Waals surface area contributed by atoms with Gasteiger partial charge in [0.15, 0.2) is 0 Å². The first kappa shape index (κ1) is 18.2.